The highest BCUT2D eigenvalue weighted by molar-refractivity contribution is 7.80. The summed E-state index contributed by atoms with van der Waals surface area (Å²) in [5.74, 6) is -0.509. The molecule has 0 aliphatic carbocycles. The van der Waals surface area contributed by atoms with Gasteiger partial charge in [-0.05, 0) is 24.7 Å². The number of thiol groups is 1. The van der Waals surface area contributed by atoms with Gasteiger partial charge in [-0.15, -0.1) is 0 Å². The van der Waals surface area contributed by atoms with Gasteiger partial charge in [-0.25, -0.2) is 4.79 Å². The number of hydrogen-bond donors (Lipinski definition) is 1. The van der Waals surface area contributed by atoms with Gasteiger partial charge in [0, 0.05) is 29.5 Å². The summed E-state index contributed by atoms with van der Waals surface area (Å²) in [6, 6.07) is 4.86. The number of benzene rings is 1. The predicted octanol–water partition coefficient (Wildman–Crippen LogP) is 3.09. The molecular weight excluding hydrogens is 316 g/mol. The summed E-state index contributed by atoms with van der Waals surface area (Å²) in [4.78, 5) is 24.2. The minimum Gasteiger partial charge on any atom is -0.466 e. The number of nitro groups is 1. The maximum absolute atomic E-state index is 11.3. The summed E-state index contributed by atoms with van der Waals surface area (Å²) >= 11 is 4.53. The highest BCUT2D eigenvalue weighted by Gasteiger charge is 2.21. The maximum atomic E-state index is 11.3. The quantitative estimate of drug-likeness (QED) is 0.259. The first-order valence-corrected chi connectivity index (χ1v) is 7.89. The van der Waals surface area contributed by atoms with Gasteiger partial charge < -0.3 is 9.64 Å². The van der Waals surface area contributed by atoms with Crippen molar-refractivity contribution in [2.45, 2.75) is 19.1 Å². The normalized spacial score (nSPS) is 12.6. The van der Waals surface area contributed by atoms with Gasteiger partial charge >= 0.3 is 5.97 Å². The second-order valence-corrected chi connectivity index (χ2v) is 5.56. The molecule has 7 heteroatoms. The first-order valence-electron chi connectivity index (χ1n) is 7.37. The summed E-state index contributed by atoms with van der Waals surface area (Å²) in [6.45, 7) is 6.44. The van der Waals surface area contributed by atoms with Crippen molar-refractivity contribution in [1.29, 1.82) is 0 Å². The molecule has 0 heterocycles. The lowest BCUT2D eigenvalue weighted by Crippen LogP contribution is -2.26. The van der Waals surface area contributed by atoms with Crippen molar-refractivity contribution in [2.75, 3.05) is 26.7 Å². The van der Waals surface area contributed by atoms with Crippen LogP contribution in [-0.4, -0.2) is 42.5 Å². The van der Waals surface area contributed by atoms with Crippen molar-refractivity contribution in [3.05, 3.63) is 45.5 Å². The minimum atomic E-state index is -0.509. The zero-order chi connectivity index (χ0) is 17.4. The highest BCUT2D eigenvalue weighted by Crippen LogP contribution is 2.31. The SMILES string of the molecule is CCN(CC)CC(S)c1ccc(/C=C/C(=O)OC)cc1[N+](=O)[O-]. The lowest BCUT2D eigenvalue weighted by molar-refractivity contribution is -0.385. The van der Waals surface area contributed by atoms with Gasteiger partial charge in [0.1, 0.15) is 0 Å². The number of rotatable bonds is 8. The molecule has 0 saturated carbocycles. The zero-order valence-electron chi connectivity index (χ0n) is 13.6. The van der Waals surface area contributed by atoms with Gasteiger partial charge in [0.25, 0.3) is 5.69 Å². The summed E-state index contributed by atoms with van der Waals surface area (Å²) in [7, 11) is 1.27. The Labute approximate surface area is 141 Å². The number of methoxy groups -OCH3 is 1. The number of carbonyl (C=O) groups is 1. The summed E-state index contributed by atoms with van der Waals surface area (Å²) in [5.41, 5.74) is 1.14. The first kappa shape index (κ1) is 19.2. The highest BCUT2D eigenvalue weighted by atomic mass is 32.1. The van der Waals surface area contributed by atoms with E-state index in [-0.39, 0.29) is 10.9 Å². The fourth-order valence-corrected chi connectivity index (χ4v) is 2.61. The molecule has 0 spiro atoms. The average Bonchev–Trinajstić information content (AvgIpc) is 2.56. The Bertz CT molecular complexity index is 585. The van der Waals surface area contributed by atoms with Gasteiger partial charge in [-0.3, -0.25) is 10.1 Å². The molecule has 0 bridgehead atoms. The Morgan fingerprint density at radius 1 is 1.43 bits per heavy atom. The molecule has 0 N–H and O–H groups in total. The Hall–Kier alpha value is -1.86. The van der Waals surface area contributed by atoms with Crippen LogP contribution in [-0.2, 0) is 9.53 Å². The molecule has 23 heavy (non-hydrogen) atoms. The van der Waals surface area contributed by atoms with E-state index in [1.807, 2.05) is 13.8 Å². The fourth-order valence-electron chi connectivity index (χ4n) is 2.16. The third kappa shape index (κ3) is 5.69. The molecule has 0 aromatic heterocycles. The van der Waals surface area contributed by atoms with E-state index in [0.717, 1.165) is 13.1 Å². The second kappa shape index (κ2) is 9.32. The zero-order valence-corrected chi connectivity index (χ0v) is 14.5. The number of nitrogens with zero attached hydrogens (tertiary/aromatic N) is 2. The molecule has 1 atom stereocenters. The van der Waals surface area contributed by atoms with E-state index in [4.69, 9.17) is 0 Å². The topological polar surface area (TPSA) is 72.7 Å². The summed E-state index contributed by atoms with van der Waals surface area (Å²) in [5, 5.41) is 11.1. The van der Waals surface area contributed by atoms with Crippen molar-refractivity contribution in [3.63, 3.8) is 0 Å². The van der Waals surface area contributed by atoms with Crippen LogP contribution in [0.2, 0.25) is 0 Å². The van der Waals surface area contributed by atoms with E-state index in [1.54, 1.807) is 12.1 Å². The van der Waals surface area contributed by atoms with Gasteiger partial charge in [-0.2, -0.15) is 12.6 Å². The number of ether oxygens (including phenoxy) is 1. The van der Waals surface area contributed by atoms with Crippen molar-refractivity contribution in [2.24, 2.45) is 0 Å². The third-order valence-electron chi connectivity index (χ3n) is 3.55. The van der Waals surface area contributed by atoms with Gasteiger partial charge in [0.05, 0.1) is 12.0 Å². The van der Waals surface area contributed by atoms with Crippen LogP contribution in [0.5, 0.6) is 0 Å². The number of likely N-dealkylation sites (N-methyl/N-ethyl adjacent to an activating group) is 1. The molecule has 0 radical (unpaired) electrons. The van der Waals surface area contributed by atoms with E-state index in [0.29, 0.717) is 17.7 Å². The van der Waals surface area contributed by atoms with Crippen LogP contribution in [0.4, 0.5) is 5.69 Å². The molecule has 6 nitrogen and oxygen atoms in total. The van der Waals surface area contributed by atoms with Crippen LogP contribution in [0, 0.1) is 10.1 Å². The predicted molar refractivity (Wildman–Crippen MR) is 93.7 cm³/mol. The van der Waals surface area contributed by atoms with Crippen LogP contribution in [0.25, 0.3) is 6.08 Å². The molecule has 1 aromatic rings. The van der Waals surface area contributed by atoms with Crippen LogP contribution < -0.4 is 0 Å². The van der Waals surface area contributed by atoms with E-state index in [9.17, 15) is 14.9 Å². The third-order valence-corrected chi connectivity index (χ3v) is 3.99. The average molecular weight is 338 g/mol. The van der Waals surface area contributed by atoms with Crippen molar-refractivity contribution >= 4 is 30.4 Å². The molecular formula is C16H22N2O4S. The number of esters is 1. The molecule has 0 fully saturated rings. The van der Waals surface area contributed by atoms with E-state index in [2.05, 4.69) is 22.3 Å². The van der Waals surface area contributed by atoms with Gasteiger partial charge in [-0.1, -0.05) is 26.0 Å². The van der Waals surface area contributed by atoms with Crippen LogP contribution in [0.1, 0.15) is 30.2 Å². The number of hydrogen-bond acceptors (Lipinski definition) is 6. The molecule has 0 saturated heterocycles. The summed E-state index contributed by atoms with van der Waals surface area (Å²) < 4.78 is 4.50. The van der Waals surface area contributed by atoms with E-state index >= 15 is 0 Å². The van der Waals surface area contributed by atoms with Crippen LogP contribution in [0.3, 0.4) is 0 Å². The number of carbonyl (C=O) groups excluding carboxylic acids is 1. The van der Waals surface area contributed by atoms with Gasteiger partial charge in [0.15, 0.2) is 0 Å². The molecule has 0 aliphatic rings. The molecule has 1 unspecified atom stereocenters. The number of nitro benzene ring substituents is 1. The lowest BCUT2D eigenvalue weighted by atomic mass is 10.0. The van der Waals surface area contributed by atoms with Crippen LogP contribution >= 0.6 is 12.6 Å². The Balaban J connectivity index is 3.07. The van der Waals surface area contributed by atoms with E-state index in [1.165, 1.54) is 25.3 Å². The second-order valence-electron chi connectivity index (χ2n) is 4.93. The largest absolute Gasteiger partial charge is 0.466 e. The Morgan fingerprint density at radius 2 is 2.09 bits per heavy atom. The van der Waals surface area contributed by atoms with Crippen molar-refractivity contribution < 1.29 is 14.5 Å². The lowest BCUT2D eigenvalue weighted by Gasteiger charge is -2.22. The minimum absolute atomic E-state index is 0.00386. The Morgan fingerprint density at radius 3 is 2.61 bits per heavy atom. The monoisotopic (exact) mass is 338 g/mol. The summed E-state index contributed by atoms with van der Waals surface area (Å²) in [6.07, 6.45) is 2.72. The van der Waals surface area contributed by atoms with Crippen LogP contribution in [0.15, 0.2) is 24.3 Å². The van der Waals surface area contributed by atoms with Gasteiger partial charge in [0.2, 0.25) is 0 Å². The molecule has 1 rings (SSSR count). The maximum Gasteiger partial charge on any atom is 0.330 e. The van der Waals surface area contributed by atoms with E-state index < -0.39 is 10.9 Å². The molecule has 1 aromatic carbocycles. The molecule has 0 aliphatic heterocycles. The smallest absolute Gasteiger partial charge is 0.330 e. The Kier molecular flexibility index (Phi) is 7.77. The van der Waals surface area contributed by atoms with Crippen molar-refractivity contribution in [3.8, 4) is 0 Å². The van der Waals surface area contributed by atoms with Crippen molar-refractivity contribution in [1.82, 2.24) is 4.90 Å². The standard InChI is InChI=1S/C16H22N2O4S/c1-4-17(5-2)11-15(23)13-8-6-12(7-9-16(19)22-3)10-14(13)18(20)21/h6-10,15,23H,4-5,11H2,1-3H3/b9-7+. The first-order chi connectivity index (χ1) is 10.9. The fraction of sp³-hybridized carbons (Fsp3) is 0.438. The molecule has 0 amide bonds. The molecule has 126 valence electrons.